The number of aromatic nitrogens is 2. The highest BCUT2D eigenvalue weighted by molar-refractivity contribution is 5.69. The number of carbonyl (C=O) groups is 1. The summed E-state index contributed by atoms with van der Waals surface area (Å²) >= 11 is 0. The highest BCUT2D eigenvalue weighted by Gasteiger charge is 2.12. The number of hydrogen-bond donors (Lipinski definition) is 3. The summed E-state index contributed by atoms with van der Waals surface area (Å²) in [7, 11) is 0. The monoisotopic (exact) mass is 338 g/mol. The molecule has 0 bridgehead atoms. The van der Waals surface area contributed by atoms with E-state index in [9.17, 15) is 4.79 Å². The number of aryl methyl sites for hydroxylation is 1. The topological polar surface area (TPSA) is 86.2 Å². The van der Waals surface area contributed by atoms with Crippen LogP contribution in [0, 0.1) is 0 Å². The van der Waals surface area contributed by atoms with Crippen molar-refractivity contribution in [3.8, 4) is 0 Å². The van der Waals surface area contributed by atoms with Gasteiger partial charge in [0.1, 0.15) is 5.82 Å². The van der Waals surface area contributed by atoms with Gasteiger partial charge in [-0.25, -0.2) is 4.98 Å². The minimum absolute atomic E-state index is 0.0223. The van der Waals surface area contributed by atoms with Crippen LogP contribution in [0.1, 0.15) is 88.3 Å². The molecule has 1 aromatic rings. The molecule has 0 aliphatic rings. The SMILES string of the molecule is CCCCCCCCCCCCc1nc(CCO)[nH]c1CC(=O)O. The number of aliphatic carboxylic acids is 1. The van der Waals surface area contributed by atoms with Gasteiger partial charge in [0.2, 0.25) is 0 Å². The molecule has 1 heterocycles. The van der Waals surface area contributed by atoms with Crippen molar-refractivity contribution in [3.05, 3.63) is 17.2 Å². The number of aliphatic hydroxyl groups excluding tert-OH is 1. The van der Waals surface area contributed by atoms with E-state index in [-0.39, 0.29) is 13.0 Å². The summed E-state index contributed by atoms with van der Waals surface area (Å²) in [6.45, 7) is 2.27. The first-order valence-corrected chi connectivity index (χ1v) is 9.56. The molecule has 0 aromatic carbocycles. The van der Waals surface area contributed by atoms with Gasteiger partial charge >= 0.3 is 5.97 Å². The molecule has 24 heavy (non-hydrogen) atoms. The summed E-state index contributed by atoms with van der Waals surface area (Å²) in [6, 6.07) is 0. The Morgan fingerprint density at radius 1 is 0.958 bits per heavy atom. The van der Waals surface area contributed by atoms with Gasteiger partial charge in [-0.05, 0) is 12.8 Å². The third-order valence-electron chi connectivity index (χ3n) is 4.36. The Kier molecular flexibility index (Phi) is 11.2. The van der Waals surface area contributed by atoms with E-state index in [1.807, 2.05) is 0 Å². The number of aromatic amines is 1. The Bertz CT molecular complexity index is 457. The number of unbranched alkanes of at least 4 members (excludes halogenated alkanes) is 9. The van der Waals surface area contributed by atoms with E-state index in [2.05, 4.69) is 16.9 Å². The molecule has 0 unspecified atom stereocenters. The van der Waals surface area contributed by atoms with Crippen LogP contribution in [-0.4, -0.2) is 32.8 Å². The van der Waals surface area contributed by atoms with Crippen molar-refractivity contribution in [1.29, 1.82) is 0 Å². The van der Waals surface area contributed by atoms with Gasteiger partial charge in [-0.3, -0.25) is 4.79 Å². The number of imidazole rings is 1. The van der Waals surface area contributed by atoms with E-state index in [1.165, 1.54) is 57.8 Å². The Morgan fingerprint density at radius 2 is 1.54 bits per heavy atom. The fourth-order valence-corrected chi connectivity index (χ4v) is 3.01. The second-order valence-corrected chi connectivity index (χ2v) is 6.58. The number of aliphatic hydroxyl groups is 1. The summed E-state index contributed by atoms with van der Waals surface area (Å²) in [5.41, 5.74) is 1.56. The lowest BCUT2D eigenvalue weighted by molar-refractivity contribution is -0.136. The first kappa shape index (κ1) is 20.7. The maximum Gasteiger partial charge on any atom is 0.309 e. The van der Waals surface area contributed by atoms with Crippen LogP contribution < -0.4 is 0 Å². The number of nitrogens with one attached hydrogen (secondary N) is 1. The maximum atomic E-state index is 10.9. The predicted molar refractivity (Wildman–Crippen MR) is 96.3 cm³/mol. The number of hydrogen-bond acceptors (Lipinski definition) is 3. The van der Waals surface area contributed by atoms with Crippen LogP contribution in [0.2, 0.25) is 0 Å². The average molecular weight is 338 g/mol. The molecule has 5 heteroatoms. The van der Waals surface area contributed by atoms with Crippen LogP contribution >= 0.6 is 0 Å². The van der Waals surface area contributed by atoms with Gasteiger partial charge in [-0.1, -0.05) is 64.7 Å². The van der Waals surface area contributed by atoms with Gasteiger partial charge in [0.15, 0.2) is 0 Å². The fourth-order valence-electron chi connectivity index (χ4n) is 3.01. The van der Waals surface area contributed by atoms with Gasteiger partial charge in [0.05, 0.1) is 18.7 Å². The van der Waals surface area contributed by atoms with Crippen LogP contribution in [0.25, 0.3) is 0 Å². The molecule has 0 spiro atoms. The van der Waals surface area contributed by atoms with Crippen LogP contribution in [-0.2, 0) is 24.1 Å². The Balaban J connectivity index is 2.20. The third kappa shape index (κ3) is 9.06. The molecule has 0 aliphatic carbocycles. The highest BCUT2D eigenvalue weighted by atomic mass is 16.4. The average Bonchev–Trinajstić information content (AvgIpc) is 2.90. The van der Waals surface area contributed by atoms with Crippen molar-refractivity contribution in [3.63, 3.8) is 0 Å². The molecule has 1 rings (SSSR count). The van der Waals surface area contributed by atoms with E-state index in [1.54, 1.807) is 0 Å². The summed E-state index contributed by atoms with van der Waals surface area (Å²) in [4.78, 5) is 18.4. The number of carboxylic acid groups (broad SMARTS) is 1. The second-order valence-electron chi connectivity index (χ2n) is 6.58. The highest BCUT2D eigenvalue weighted by Crippen LogP contribution is 2.14. The molecule has 0 amide bonds. The summed E-state index contributed by atoms with van der Waals surface area (Å²) < 4.78 is 0. The lowest BCUT2D eigenvalue weighted by Gasteiger charge is -2.03. The van der Waals surface area contributed by atoms with Crippen molar-refractivity contribution >= 4 is 5.97 Å². The molecular formula is C19H34N2O3. The van der Waals surface area contributed by atoms with Gasteiger partial charge in [-0.15, -0.1) is 0 Å². The number of nitrogens with zero attached hydrogens (tertiary/aromatic N) is 1. The zero-order valence-corrected chi connectivity index (χ0v) is 15.1. The summed E-state index contributed by atoms with van der Waals surface area (Å²) in [5, 5.41) is 18.0. The lowest BCUT2D eigenvalue weighted by atomic mass is 10.0. The van der Waals surface area contributed by atoms with Crippen molar-refractivity contribution in [2.75, 3.05) is 6.61 Å². The molecule has 3 N–H and O–H groups in total. The fraction of sp³-hybridized carbons (Fsp3) is 0.789. The molecule has 138 valence electrons. The smallest absolute Gasteiger partial charge is 0.309 e. The Hall–Kier alpha value is -1.36. The van der Waals surface area contributed by atoms with Gasteiger partial charge in [0, 0.05) is 12.1 Å². The number of H-pyrrole nitrogens is 1. The number of carboxylic acids is 1. The predicted octanol–water partition coefficient (Wildman–Crippen LogP) is 4.04. The maximum absolute atomic E-state index is 10.9. The minimum atomic E-state index is -0.849. The zero-order valence-electron chi connectivity index (χ0n) is 15.1. The molecule has 0 saturated carbocycles. The van der Waals surface area contributed by atoms with E-state index in [0.29, 0.717) is 17.9 Å². The second kappa shape index (κ2) is 13.0. The van der Waals surface area contributed by atoms with Crippen LogP contribution in [0.4, 0.5) is 0 Å². The largest absolute Gasteiger partial charge is 0.481 e. The first-order valence-electron chi connectivity index (χ1n) is 9.56. The van der Waals surface area contributed by atoms with E-state index in [4.69, 9.17) is 10.2 Å². The Morgan fingerprint density at radius 3 is 2.08 bits per heavy atom. The van der Waals surface area contributed by atoms with E-state index >= 15 is 0 Å². The van der Waals surface area contributed by atoms with Crippen molar-refractivity contribution in [2.24, 2.45) is 0 Å². The molecule has 0 aliphatic heterocycles. The standard InChI is InChI=1S/C19H34N2O3/c1-2-3-4-5-6-7-8-9-10-11-12-16-17(15-19(23)24)21-18(20-16)13-14-22/h22H,2-15H2,1H3,(H,20,21)(H,23,24). The minimum Gasteiger partial charge on any atom is -0.481 e. The lowest BCUT2D eigenvalue weighted by Crippen LogP contribution is -2.03. The first-order chi connectivity index (χ1) is 11.7. The van der Waals surface area contributed by atoms with Crippen molar-refractivity contribution < 1.29 is 15.0 Å². The molecular weight excluding hydrogens is 304 g/mol. The molecule has 0 fully saturated rings. The molecule has 0 saturated heterocycles. The van der Waals surface area contributed by atoms with E-state index < -0.39 is 5.97 Å². The van der Waals surface area contributed by atoms with Crippen molar-refractivity contribution in [2.45, 2.75) is 90.4 Å². The van der Waals surface area contributed by atoms with E-state index in [0.717, 1.165) is 18.5 Å². The van der Waals surface area contributed by atoms with Gasteiger partial charge in [-0.2, -0.15) is 0 Å². The third-order valence-corrected chi connectivity index (χ3v) is 4.36. The van der Waals surface area contributed by atoms with Gasteiger partial charge in [0.25, 0.3) is 0 Å². The molecule has 0 atom stereocenters. The van der Waals surface area contributed by atoms with Crippen LogP contribution in [0.5, 0.6) is 0 Å². The van der Waals surface area contributed by atoms with Crippen LogP contribution in [0.15, 0.2) is 0 Å². The normalized spacial score (nSPS) is 11.1. The molecule has 1 aromatic heterocycles. The molecule has 0 radical (unpaired) electrons. The summed E-state index contributed by atoms with van der Waals surface area (Å²) in [6.07, 6.45) is 14.1. The Labute approximate surface area is 145 Å². The van der Waals surface area contributed by atoms with Crippen molar-refractivity contribution in [1.82, 2.24) is 9.97 Å². The van der Waals surface area contributed by atoms with Crippen LogP contribution in [0.3, 0.4) is 0 Å². The number of rotatable bonds is 15. The molecule has 5 nitrogen and oxygen atoms in total. The zero-order chi connectivity index (χ0) is 17.6. The summed E-state index contributed by atoms with van der Waals surface area (Å²) in [5.74, 6) is -0.158. The van der Waals surface area contributed by atoms with Gasteiger partial charge < -0.3 is 15.2 Å². The quantitative estimate of drug-likeness (QED) is 0.421.